The number of amides is 1. The average Bonchev–Trinajstić information content (AvgIpc) is 2.61. The Bertz CT molecular complexity index is 757. The number of carbonyl (C=O) groups excluding carboxylic acids is 1. The molecule has 0 atom stereocenters. The van der Waals surface area contributed by atoms with Gasteiger partial charge in [0.1, 0.15) is 0 Å². The fourth-order valence-electron chi connectivity index (χ4n) is 3.36. The van der Waals surface area contributed by atoms with Gasteiger partial charge in [-0.3, -0.25) is 4.79 Å². The van der Waals surface area contributed by atoms with Crippen LogP contribution < -0.4 is 10.2 Å². The van der Waals surface area contributed by atoms with Gasteiger partial charge in [0, 0.05) is 13.2 Å². The fraction of sp³-hybridized carbons (Fsp3) is 0.650. The first-order chi connectivity index (χ1) is 13.2. The van der Waals surface area contributed by atoms with E-state index in [1.165, 1.54) is 4.31 Å². The minimum atomic E-state index is -3.48. The molecule has 2 rings (SSSR count). The summed E-state index contributed by atoms with van der Waals surface area (Å²) in [7, 11) is -3.48. The van der Waals surface area contributed by atoms with Crippen LogP contribution in [0.15, 0.2) is 23.1 Å². The first kappa shape index (κ1) is 22.8. The highest BCUT2D eigenvalue weighted by atomic mass is 32.2. The molecule has 1 aliphatic rings. The van der Waals surface area contributed by atoms with Crippen molar-refractivity contribution in [3.05, 3.63) is 29.3 Å². The monoisotopic (exact) mass is 412 g/mol. The lowest BCUT2D eigenvalue weighted by Crippen LogP contribution is -3.15. The fourth-order valence-corrected chi connectivity index (χ4v) is 5.00. The Balaban J connectivity index is 1.78. The molecule has 0 aromatic heterocycles. The van der Waals surface area contributed by atoms with Gasteiger partial charge in [-0.05, 0) is 45.7 Å². The van der Waals surface area contributed by atoms with Crippen LogP contribution in [0.1, 0.15) is 31.4 Å². The number of nitrogens with zero attached hydrogens (tertiary/aromatic N) is 1. The van der Waals surface area contributed by atoms with Gasteiger partial charge in [0.25, 0.3) is 5.91 Å². The summed E-state index contributed by atoms with van der Waals surface area (Å²) >= 11 is 0. The quantitative estimate of drug-likeness (QED) is 0.565. The lowest BCUT2D eigenvalue weighted by Gasteiger charge is -2.31. The van der Waals surface area contributed by atoms with Crippen LogP contribution in [-0.4, -0.2) is 70.6 Å². The Morgan fingerprint density at radius 3 is 2.54 bits per heavy atom. The van der Waals surface area contributed by atoms with Crippen molar-refractivity contribution in [2.75, 3.05) is 45.9 Å². The minimum Gasteiger partial charge on any atom is -0.379 e. The van der Waals surface area contributed by atoms with Crippen molar-refractivity contribution in [2.45, 2.75) is 45.1 Å². The van der Waals surface area contributed by atoms with Crippen molar-refractivity contribution in [1.82, 2.24) is 9.62 Å². The second-order valence-electron chi connectivity index (χ2n) is 7.72. The van der Waals surface area contributed by atoms with E-state index < -0.39 is 10.0 Å². The third kappa shape index (κ3) is 6.55. The van der Waals surface area contributed by atoms with E-state index in [0.717, 1.165) is 22.4 Å². The Labute approximate surface area is 169 Å². The van der Waals surface area contributed by atoms with Crippen LogP contribution in [0, 0.1) is 13.8 Å². The van der Waals surface area contributed by atoms with E-state index in [2.05, 4.69) is 5.32 Å². The van der Waals surface area contributed by atoms with Gasteiger partial charge in [-0.1, -0.05) is 17.7 Å². The van der Waals surface area contributed by atoms with Crippen molar-refractivity contribution >= 4 is 15.9 Å². The van der Waals surface area contributed by atoms with Gasteiger partial charge in [-0.25, -0.2) is 8.42 Å². The molecule has 0 bridgehead atoms. The van der Waals surface area contributed by atoms with Gasteiger partial charge >= 0.3 is 0 Å². The molecular formula is C20H34N3O4S+. The number of rotatable bonds is 9. The molecule has 0 aliphatic carbocycles. The summed E-state index contributed by atoms with van der Waals surface area (Å²) in [5.74, 6) is 0.00485. The first-order valence-corrected chi connectivity index (χ1v) is 11.4. The Hall–Kier alpha value is -1.48. The Morgan fingerprint density at radius 2 is 1.93 bits per heavy atom. The third-order valence-electron chi connectivity index (χ3n) is 4.88. The standard InChI is InChI=1S/C20H33N3O4S/c1-16(2)27-13-5-8-21-20(24)15-22-9-11-23(12-10-22)28(25,26)19-7-6-17(3)14-18(19)4/h6-7,14,16H,5,8-13,15H2,1-4H3,(H,21,24)/p+1. The van der Waals surface area contributed by atoms with Gasteiger partial charge < -0.3 is 15.0 Å². The van der Waals surface area contributed by atoms with Crippen LogP contribution in [0.4, 0.5) is 0 Å². The van der Waals surface area contributed by atoms with Crippen LogP contribution in [0.2, 0.25) is 0 Å². The van der Waals surface area contributed by atoms with E-state index >= 15 is 0 Å². The molecule has 1 heterocycles. The van der Waals surface area contributed by atoms with Crippen LogP contribution >= 0.6 is 0 Å². The number of carbonyl (C=O) groups is 1. The highest BCUT2D eigenvalue weighted by Gasteiger charge is 2.31. The van der Waals surface area contributed by atoms with E-state index in [0.29, 0.717) is 50.8 Å². The number of ether oxygens (including phenoxy) is 1. The van der Waals surface area contributed by atoms with E-state index in [1.54, 1.807) is 6.07 Å². The summed E-state index contributed by atoms with van der Waals surface area (Å²) in [5, 5.41) is 2.91. The molecule has 0 spiro atoms. The maximum atomic E-state index is 12.9. The molecule has 2 N–H and O–H groups in total. The predicted octanol–water partition coefficient (Wildman–Crippen LogP) is 0.124. The van der Waals surface area contributed by atoms with E-state index in [9.17, 15) is 13.2 Å². The van der Waals surface area contributed by atoms with E-state index in [1.807, 2.05) is 39.8 Å². The lowest BCUT2D eigenvalue weighted by atomic mass is 10.2. The zero-order valence-electron chi connectivity index (χ0n) is 17.5. The molecule has 7 nitrogen and oxygen atoms in total. The van der Waals surface area contributed by atoms with E-state index in [-0.39, 0.29) is 12.0 Å². The second kappa shape index (κ2) is 10.3. The van der Waals surface area contributed by atoms with E-state index in [4.69, 9.17) is 4.74 Å². The molecule has 28 heavy (non-hydrogen) atoms. The van der Waals surface area contributed by atoms with Crippen LogP contribution in [0.3, 0.4) is 0 Å². The maximum absolute atomic E-state index is 12.9. The largest absolute Gasteiger partial charge is 0.379 e. The maximum Gasteiger partial charge on any atom is 0.275 e. The average molecular weight is 413 g/mol. The number of aryl methyl sites for hydroxylation is 2. The lowest BCUT2D eigenvalue weighted by molar-refractivity contribution is -0.895. The number of hydrogen-bond donors (Lipinski definition) is 2. The molecule has 1 saturated heterocycles. The zero-order valence-corrected chi connectivity index (χ0v) is 18.3. The second-order valence-corrected chi connectivity index (χ2v) is 9.63. The molecule has 1 aliphatic heterocycles. The number of sulfonamides is 1. The molecule has 1 aromatic rings. The molecule has 1 amide bonds. The van der Waals surface area contributed by atoms with Crippen molar-refractivity contribution in [1.29, 1.82) is 0 Å². The minimum absolute atomic E-state index is 0.00485. The molecule has 1 fully saturated rings. The van der Waals surface area contributed by atoms with Crippen molar-refractivity contribution in [2.24, 2.45) is 0 Å². The Morgan fingerprint density at radius 1 is 1.25 bits per heavy atom. The topological polar surface area (TPSA) is 80.2 Å². The molecule has 8 heteroatoms. The zero-order chi connectivity index (χ0) is 20.7. The summed E-state index contributed by atoms with van der Waals surface area (Å²) in [6.45, 7) is 11.5. The van der Waals surface area contributed by atoms with Gasteiger partial charge in [-0.15, -0.1) is 0 Å². The van der Waals surface area contributed by atoms with Gasteiger partial charge in [0.2, 0.25) is 10.0 Å². The van der Waals surface area contributed by atoms with Gasteiger partial charge in [0.15, 0.2) is 6.54 Å². The van der Waals surface area contributed by atoms with Gasteiger partial charge in [0.05, 0.1) is 37.2 Å². The van der Waals surface area contributed by atoms with Crippen LogP contribution in [-0.2, 0) is 19.6 Å². The molecule has 0 unspecified atom stereocenters. The molecule has 158 valence electrons. The highest BCUT2D eigenvalue weighted by molar-refractivity contribution is 7.89. The number of quaternary nitrogens is 1. The third-order valence-corrected chi connectivity index (χ3v) is 6.94. The van der Waals surface area contributed by atoms with Crippen molar-refractivity contribution < 1.29 is 22.8 Å². The number of nitrogens with one attached hydrogen (secondary N) is 2. The number of piperazine rings is 1. The summed E-state index contributed by atoms with van der Waals surface area (Å²) < 4.78 is 32.8. The smallest absolute Gasteiger partial charge is 0.275 e. The summed E-state index contributed by atoms with van der Waals surface area (Å²) in [6, 6.07) is 5.42. The summed E-state index contributed by atoms with van der Waals surface area (Å²) in [6.07, 6.45) is 0.998. The van der Waals surface area contributed by atoms with Crippen molar-refractivity contribution in [3.8, 4) is 0 Å². The Kier molecular flexibility index (Phi) is 8.42. The predicted molar refractivity (Wildman–Crippen MR) is 109 cm³/mol. The SMILES string of the molecule is Cc1ccc(S(=O)(=O)N2CC[NH+](CC(=O)NCCCOC(C)C)CC2)c(C)c1. The summed E-state index contributed by atoms with van der Waals surface area (Å²) in [5.41, 5.74) is 1.82. The first-order valence-electron chi connectivity index (χ1n) is 9.99. The van der Waals surface area contributed by atoms with Crippen LogP contribution in [0.25, 0.3) is 0 Å². The normalized spacial score (nSPS) is 16.5. The molecule has 0 radical (unpaired) electrons. The van der Waals surface area contributed by atoms with Gasteiger partial charge in [-0.2, -0.15) is 4.31 Å². The molecule has 1 aromatic carbocycles. The molecular weight excluding hydrogens is 378 g/mol. The molecule has 0 saturated carbocycles. The summed E-state index contributed by atoms with van der Waals surface area (Å²) in [4.78, 5) is 13.6. The number of benzene rings is 1. The van der Waals surface area contributed by atoms with Crippen molar-refractivity contribution in [3.63, 3.8) is 0 Å². The van der Waals surface area contributed by atoms with Crippen LogP contribution in [0.5, 0.6) is 0 Å². The number of hydrogen-bond acceptors (Lipinski definition) is 4. The highest BCUT2D eigenvalue weighted by Crippen LogP contribution is 2.20.